The van der Waals surface area contributed by atoms with Crippen molar-refractivity contribution in [3.05, 3.63) is 82.9 Å². The second-order valence-electron chi connectivity index (χ2n) is 9.04. The predicted molar refractivity (Wildman–Crippen MR) is 114 cm³/mol. The van der Waals surface area contributed by atoms with E-state index in [1.807, 2.05) is 18.2 Å². The van der Waals surface area contributed by atoms with Crippen molar-refractivity contribution in [2.45, 2.75) is 52.4 Å². The molecule has 0 atom stereocenters. The Bertz CT molecular complexity index is 982. The highest BCUT2D eigenvalue weighted by molar-refractivity contribution is 5.90. The van der Waals surface area contributed by atoms with Gasteiger partial charge in [0.05, 0.1) is 0 Å². The van der Waals surface area contributed by atoms with Gasteiger partial charge in [0.2, 0.25) is 0 Å². The fourth-order valence-corrected chi connectivity index (χ4v) is 3.21. The van der Waals surface area contributed by atoms with E-state index in [2.05, 4.69) is 95.8 Å². The number of fused-ring (bicyclic) bond motifs is 1. The quantitative estimate of drug-likeness (QED) is 0.393. The zero-order chi connectivity index (χ0) is 18.9. The summed E-state index contributed by atoms with van der Waals surface area (Å²) in [7, 11) is 0. The van der Waals surface area contributed by atoms with Gasteiger partial charge < -0.3 is 0 Å². The van der Waals surface area contributed by atoms with Gasteiger partial charge in [0, 0.05) is 11.1 Å². The summed E-state index contributed by atoms with van der Waals surface area (Å²) >= 11 is 0. The van der Waals surface area contributed by atoms with Gasteiger partial charge in [0.25, 0.3) is 0 Å². The first-order chi connectivity index (χ1) is 12.2. The van der Waals surface area contributed by atoms with Gasteiger partial charge in [0.15, 0.2) is 0 Å². The zero-order valence-corrected chi connectivity index (χ0v) is 16.8. The van der Waals surface area contributed by atoms with Crippen molar-refractivity contribution in [1.29, 1.82) is 0 Å². The van der Waals surface area contributed by atoms with E-state index in [9.17, 15) is 0 Å². The van der Waals surface area contributed by atoms with Crippen LogP contribution >= 0.6 is 0 Å². The Labute approximate surface area is 158 Å². The molecule has 3 rings (SSSR count). The average molecular weight is 341 g/mol. The van der Waals surface area contributed by atoms with Crippen LogP contribution < -0.4 is 0 Å². The van der Waals surface area contributed by atoms with Crippen LogP contribution in [-0.2, 0) is 10.8 Å². The van der Waals surface area contributed by atoms with Gasteiger partial charge in [-0.05, 0) is 44.9 Å². The molecule has 0 amide bonds. The van der Waals surface area contributed by atoms with E-state index < -0.39 is 0 Å². The van der Waals surface area contributed by atoms with Crippen molar-refractivity contribution < 1.29 is 0 Å². The maximum atomic E-state index is 3.49. The Kier molecular flexibility index (Phi) is 4.68. The Hall–Kier alpha value is -2.52. The number of benzene rings is 3. The maximum absolute atomic E-state index is 3.49. The van der Waals surface area contributed by atoms with Crippen molar-refractivity contribution in [2.24, 2.45) is 0 Å². The van der Waals surface area contributed by atoms with E-state index in [4.69, 9.17) is 0 Å². The molecule has 0 bridgehead atoms. The number of rotatable bonds is 0. The third-order valence-corrected chi connectivity index (χ3v) is 4.80. The molecule has 0 unspecified atom stereocenters. The molecule has 0 aromatic heterocycles. The summed E-state index contributed by atoms with van der Waals surface area (Å²) in [5.41, 5.74) is 5.06. The summed E-state index contributed by atoms with van der Waals surface area (Å²) in [6, 6.07) is 21.5. The van der Waals surface area contributed by atoms with Gasteiger partial charge in [-0.1, -0.05) is 102 Å². The van der Waals surface area contributed by atoms with Gasteiger partial charge in [-0.15, -0.1) is 0 Å². The Balaban J connectivity index is 2.24. The first kappa shape index (κ1) is 18.3. The SMILES string of the molecule is CC(C)(C)c1ccc2c(C#Cc3ccccc3)c(C(C)(C)C)ccc2c1. The second kappa shape index (κ2) is 6.65. The lowest BCUT2D eigenvalue weighted by Crippen LogP contribution is -2.14. The molecule has 0 heterocycles. The largest absolute Gasteiger partial charge is 0.0622 e. The van der Waals surface area contributed by atoms with E-state index in [0.717, 1.165) is 11.1 Å². The molecule has 0 N–H and O–H groups in total. The minimum absolute atomic E-state index is 0.0532. The molecule has 0 spiro atoms. The summed E-state index contributed by atoms with van der Waals surface area (Å²) in [4.78, 5) is 0. The minimum atomic E-state index is 0.0532. The zero-order valence-electron chi connectivity index (χ0n) is 16.8. The maximum Gasteiger partial charge on any atom is 0.0364 e. The number of hydrogen-bond donors (Lipinski definition) is 0. The van der Waals surface area contributed by atoms with Gasteiger partial charge in [0.1, 0.15) is 0 Å². The highest BCUT2D eigenvalue weighted by atomic mass is 14.2. The van der Waals surface area contributed by atoms with E-state index in [-0.39, 0.29) is 10.8 Å². The van der Waals surface area contributed by atoms with Crippen molar-refractivity contribution in [2.75, 3.05) is 0 Å². The molecule has 0 aliphatic carbocycles. The Morgan fingerprint density at radius 3 is 1.96 bits per heavy atom. The summed E-state index contributed by atoms with van der Waals surface area (Å²) in [6.45, 7) is 13.5. The standard InChI is InChI=1S/C26H28/c1-25(2,3)21-14-16-22-20(18-21)13-17-24(26(4,5)6)23(22)15-12-19-10-8-7-9-11-19/h7-11,13-14,16-18H,1-6H3. The van der Waals surface area contributed by atoms with Crippen LogP contribution in [0.1, 0.15) is 63.8 Å². The predicted octanol–water partition coefficient (Wildman–Crippen LogP) is 6.83. The molecule has 132 valence electrons. The van der Waals surface area contributed by atoms with Crippen LogP contribution in [0.3, 0.4) is 0 Å². The highest BCUT2D eigenvalue weighted by Gasteiger charge is 2.20. The molecule has 3 aromatic rings. The fourth-order valence-electron chi connectivity index (χ4n) is 3.21. The minimum Gasteiger partial charge on any atom is -0.0622 e. The molecule has 0 aliphatic rings. The molecule has 0 fully saturated rings. The molecule has 0 saturated carbocycles. The van der Waals surface area contributed by atoms with Gasteiger partial charge in [-0.25, -0.2) is 0 Å². The second-order valence-corrected chi connectivity index (χ2v) is 9.04. The number of hydrogen-bond acceptors (Lipinski definition) is 0. The third kappa shape index (κ3) is 3.83. The van der Waals surface area contributed by atoms with E-state index >= 15 is 0 Å². The monoisotopic (exact) mass is 340 g/mol. The molecule has 0 aliphatic heterocycles. The molecule has 0 nitrogen and oxygen atoms in total. The van der Waals surface area contributed by atoms with Crippen LogP contribution in [0.15, 0.2) is 60.7 Å². The summed E-state index contributed by atoms with van der Waals surface area (Å²) < 4.78 is 0. The van der Waals surface area contributed by atoms with E-state index in [0.29, 0.717) is 0 Å². The Morgan fingerprint density at radius 2 is 1.35 bits per heavy atom. The molecular weight excluding hydrogens is 312 g/mol. The van der Waals surface area contributed by atoms with Gasteiger partial charge >= 0.3 is 0 Å². The first-order valence-electron chi connectivity index (χ1n) is 9.31. The molecule has 0 saturated heterocycles. The van der Waals surface area contributed by atoms with Crippen molar-refractivity contribution in [1.82, 2.24) is 0 Å². The molecule has 26 heavy (non-hydrogen) atoms. The first-order valence-corrected chi connectivity index (χ1v) is 9.31. The fraction of sp³-hybridized carbons (Fsp3) is 0.308. The topological polar surface area (TPSA) is 0 Å². The third-order valence-electron chi connectivity index (χ3n) is 4.80. The lowest BCUT2D eigenvalue weighted by atomic mass is 9.80. The van der Waals surface area contributed by atoms with Gasteiger partial charge in [-0.2, -0.15) is 0 Å². The molecule has 0 heteroatoms. The van der Waals surface area contributed by atoms with E-state index in [1.165, 1.54) is 21.9 Å². The van der Waals surface area contributed by atoms with Crippen LogP contribution in [0.25, 0.3) is 10.8 Å². The smallest absolute Gasteiger partial charge is 0.0364 e. The van der Waals surface area contributed by atoms with Gasteiger partial charge in [-0.3, -0.25) is 0 Å². The summed E-state index contributed by atoms with van der Waals surface area (Å²) in [5.74, 6) is 6.85. The highest BCUT2D eigenvalue weighted by Crippen LogP contribution is 2.33. The van der Waals surface area contributed by atoms with Crippen LogP contribution in [0.2, 0.25) is 0 Å². The lowest BCUT2D eigenvalue weighted by Gasteiger charge is -2.24. The van der Waals surface area contributed by atoms with Crippen LogP contribution in [0, 0.1) is 11.8 Å². The van der Waals surface area contributed by atoms with Crippen molar-refractivity contribution in [3.8, 4) is 11.8 Å². The van der Waals surface area contributed by atoms with Crippen LogP contribution in [-0.4, -0.2) is 0 Å². The average Bonchev–Trinajstić information content (AvgIpc) is 2.58. The van der Waals surface area contributed by atoms with Crippen molar-refractivity contribution >= 4 is 10.8 Å². The molecule has 3 aromatic carbocycles. The molecule has 0 radical (unpaired) electrons. The summed E-state index contributed by atoms with van der Waals surface area (Å²) in [6.07, 6.45) is 0. The van der Waals surface area contributed by atoms with E-state index in [1.54, 1.807) is 0 Å². The molecular formula is C26H28. The normalized spacial score (nSPS) is 11.9. The van der Waals surface area contributed by atoms with Crippen molar-refractivity contribution in [3.63, 3.8) is 0 Å². The lowest BCUT2D eigenvalue weighted by molar-refractivity contribution is 0.588. The summed E-state index contributed by atoms with van der Waals surface area (Å²) in [5, 5.41) is 2.51. The Morgan fingerprint density at radius 1 is 0.654 bits per heavy atom. The van der Waals surface area contributed by atoms with Crippen LogP contribution in [0.5, 0.6) is 0 Å². The van der Waals surface area contributed by atoms with Crippen LogP contribution in [0.4, 0.5) is 0 Å².